The first-order chi connectivity index (χ1) is 7.38. The molecule has 16 heavy (non-hydrogen) atoms. The third-order valence-corrected chi connectivity index (χ3v) is 2.65. The summed E-state index contributed by atoms with van der Waals surface area (Å²) in [6.45, 7) is -0.559. The normalized spacial score (nSPS) is 18.6. The van der Waals surface area contributed by atoms with Crippen molar-refractivity contribution in [1.29, 1.82) is 0 Å². The molecule has 1 amide bonds. The number of rotatable bonds is 8. The van der Waals surface area contributed by atoms with E-state index in [9.17, 15) is 24.7 Å². The summed E-state index contributed by atoms with van der Waals surface area (Å²) < 4.78 is 10.4. The SMILES string of the molecule is O=CN(O)C[C@H](O)[C@H](O)[C@H](O)CC[PH](=O)O. The summed E-state index contributed by atoms with van der Waals surface area (Å²) in [5.41, 5.74) is 0. The van der Waals surface area contributed by atoms with Crippen LogP contribution in [0.15, 0.2) is 0 Å². The van der Waals surface area contributed by atoms with Crippen LogP contribution in [0.5, 0.6) is 0 Å². The summed E-state index contributed by atoms with van der Waals surface area (Å²) in [4.78, 5) is 18.5. The van der Waals surface area contributed by atoms with E-state index in [-0.39, 0.29) is 24.1 Å². The van der Waals surface area contributed by atoms with Crippen LogP contribution in [-0.4, -0.2) is 67.9 Å². The number of carbonyl (C=O) groups excluding carboxylic acids is 1. The van der Waals surface area contributed by atoms with Crippen LogP contribution in [0, 0.1) is 0 Å². The predicted octanol–water partition coefficient (Wildman–Crippen LogP) is -2.23. The van der Waals surface area contributed by atoms with Crippen molar-refractivity contribution >= 4 is 14.4 Å². The van der Waals surface area contributed by atoms with E-state index in [2.05, 4.69) is 0 Å². The second-order valence-corrected chi connectivity index (χ2v) is 4.57. The standard InChI is InChI=1S/C7H16NO7P/c9-4-8(13)3-6(11)7(12)5(10)1-2-16(14)15/h4-7,10-13,16H,1-3H2,(H,14,15)/t5-,6+,7-/m1/s1. The quantitative estimate of drug-likeness (QED) is 0.143. The molecule has 0 saturated heterocycles. The van der Waals surface area contributed by atoms with Crippen molar-refractivity contribution in [3.05, 3.63) is 0 Å². The van der Waals surface area contributed by atoms with Crippen molar-refractivity contribution in [2.24, 2.45) is 0 Å². The Hall–Kier alpha value is -0.500. The third-order valence-electron chi connectivity index (χ3n) is 1.94. The number of amides is 1. The fourth-order valence-electron chi connectivity index (χ4n) is 1.04. The minimum absolute atomic E-state index is 0.0365. The maximum Gasteiger partial charge on any atom is 0.233 e. The Balaban J connectivity index is 4.04. The van der Waals surface area contributed by atoms with Gasteiger partial charge in [-0.25, -0.2) is 5.06 Å². The van der Waals surface area contributed by atoms with E-state index in [4.69, 9.17) is 10.1 Å². The molecule has 8 nitrogen and oxygen atoms in total. The molecule has 0 bridgehead atoms. The Morgan fingerprint density at radius 3 is 2.25 bits per heavy atom. The fraction of sp³-hybridized carbons (Fsp3) is 0.857. The summed E-state index contributed by atoms with van der Waals surface area (Å²) in [5, 5.41) is 36.7. The predicted molar refractivity (Wildman–Crippen MR) is 53.3 cm³/mol. The maximum absolute atomic E-state index is 10.4. The van der Waals surface area contributed by atoms with Gasteiger partial charge in [0.25, 0.3) is 0 Å². The minimum atomic E-state index is -2.73. The fourth-order valence-corrected chi connectivity index (χ4v) is 1.58. The Morgan fingerprint density at radius 2 is 1.81 bits per heavy atom. The van der Waals surface area contributed by atoms with E-state index in [1.54, 1.807) is 0 Å². The van der Waals surface area contributed by atoms with Crippen LogP contribution in [0.25, 0.3) is 0 Å². The van der Waals surface area contributed by atoms with Crippen LogP contribution < -0.4 is 0 Å². The van der Waals surface area contributed by atoms with Crippen LogP contribution in [0.1, 0.15) is 6.42 Å². The van der Waals surface area contributed by atoms with E-state index in [0.717, 1.165) is 0 Å². The van der Waals surface area contributed by atoms with Crippen LogP contribution >= 0.6 is 8.03 Å². The van der Waals surface area contributed by atoms with E-state index < -0.39 is 32.9 Å². The van der Waals surface area contributed by atoms with Crippen molar-refractivity contribution in [2.45, 2.75) is 24.7 Å². The van der Waals surface area contributed by atoms with E-state index in [1.807, 2.05) is 0 Å². The Kier molecular flexibility index (Phi) is 7.48. The van der Waals surface area contributed by atoms with Gasteiger partial charge in [0, 0.05) is 6.16 Å². The van der Waals surface area contributed by atoms with Gasteiger partial charge in [0.05, 0.1) is 12.6 Å². The van der Waals surface area contributed by atoms with Gasteiger partial charge in [0.15, 0.2) is 8.03 Å². The van der Waals surface area contributed by atoms with Gasteiger partial charge in [-0.3, -0.25) is 14.6 Å². The summed E-state index contributed by atoms with van der Waals surface area (Å²) in [5.74, 6) is 0. The average Bonchev–Trinajstić information content (AvgIpc) is 2.24. The minimum Gasteiger partial charge on any atom is -0.390 e. The molecular weight excluding hydrogens is 241 g/mol. The zero-order valence-corrected chi connectivity index (χ0v) is 9.43. The molecule has 0 aromatic rings. The molecule has 0 fully saturated rings. The number of hydrogen-bond acceptors (Lipinski definition) is 6. The molecule has 0 aliphatic rings. The van der Waals surface area contributed by atoms with Crippen molar-refractivity contribution in [2.75, 3.05) is 12.7 Å². The molecule has 0 saturated carbocycles. The highest BCUT2D eigenvalue weighted by atomic mass is 31.1. The van der Waals surface area contributed by atoms with Crippen LogP contribution in [0.4, 0.5) is 0 Å². The lowest BCUT2D eigenvalue weighted by Gasteiger charge is -2.24. The van der Waals surface area contributed by atoms with Crippen LogP contribution in [0.2, 0.25) is 0 Å². The van der Waals surface area contributed by atoms with Gasteiger partial charge in [-0.05, 0) is 6.42 Å². The maximum atomic E-state index is 10.4. The molecule has 4 atom stereocenters. The average molecular weight is 257 g/mol. The van der Waals surface area contributed by atoms with Gasteiger partial charge in [0.2, 0.25) is 6.41 Å². The lowest BCUT2D eigenvalue weighted by atomic mass is 10.1. The van der Waals surface area contributed by atoms with Gasteiger partial charge in [-0.1, -0.05) is 0 Å². The molecule has 9 heteroatoms. The monoisotopic (exact) mass is 257 g/mol. The van der Waals surface area contributed by atoms with Crippen LogP contribution in [0.3, 0.4) is 0 Å². The molecular formula is C7H16NO7P. The van der Waals surface area contributed by atoms with E-state index in [0.29, 0.717) is 0 Å². The van der Waals surface area contributed by atoms with Gasteiger partial charge in [0.1, 0.15) is 12.2 Å². The summed E-state index contributed by atoms with van der Waals surface area (Å²) in [7, 11) is -2.73. The van der Waals surface area contributed by atoms with Crippen molar-refractivity contribution in [3.63, 3.8) is 0 Å². The molecule has 1 unspecified atom stereocenters. The molecule has 96 valence electrons. The zero-order chi connectivity index (χ0) is 12.7. The van der Waals surface area contributed by atoms with Crippen molar-refractivity contribution < 1.29 is 34.8 Å². The summed E-state index contributed by atoms with van der Waals surface area (Å²) >= 11 is 0. The molecule has 0 aromatic heterocycles. The Labute approximate surface area is 92.6 Å². The molecule has 0 aromatic carbocycles. The molecule has 0 aliphatic heterocycles. The van der Waals surface area contributed by atoms with Gasteiger partial charge in [-0.2, -0.15) is 0 Å². The van der Waals surface area contributed by atoms with Crippen molar-refractivity contribution in [3.8, 4) is 0 Å². The highest BCUT2D eigenvalue weighted by Gasteiger charge is 2.26. The number of aliphatic hydroxyl groups is 3. The van der Waals surface area contributed by atoms with E-state index >= 15 is 0 Å². The Bertz CT molecular complexity index is 239. The highest BCUT2D eigenvalue weighted by molar-refractivity contribution is 7.37. The molecule has 0 aliphatic carbocycles. The summed E-state index contributed by atoms with van der Waals surface area (Å²) in [6, 6.07) is 0. The number of aliphatic hydroxyl groups excluding tert-OH is 3. The van der Waals surface area contributed by atoms with Gasteiger partial charge < -0.3 is 20.2 Å². The highest BCUT2D eigenvalue weighted by Crippen LogP contribution is 2.17. The molecule has 0 heterocycles. The first-order valence-corrected chi connectivity index (χ1v) is 6.11. The first kappa shape index (κ1) is 15.5. The zero-order valence-electron chi connectivity index (χ0n) is 8.43. The Morgan fingerprint density at radius 1 is 1.25 bits per heavy atom. The smallest absolute Gasteiger partial charge is 0.233 e. The number of hydrogen-bond donors (Lipinski definition) is 5. The second kappa shape index (κ2) is 7.72. The molecule has 0 spiro atoms. The van der Waals surface area contributed by atoms with Crippen molar-refractivity contribution in [1.82, 2.24) is 5.06 Å². The van der Waals surface area contributed by atoms with Gasteiger partial charge >= 0.3 is 0 Å². The molecule has 0 rings (SSSR count). The molecule has 0 radical (unpaired) electrons. The second-order valence-electron chi connectivity index (χ2n) is 3.29. The first-order valence-electron chi connectivity index (χ1n) is 4.55. The topological polar surface area (TPSA) is 139 Å². The lowest BCUT2D eigenvalue weighted by Crippen LogP contribution is -2.43. The van der Waals surface area contributed by atoms with E-state index in [1.165, 1.54) is 0 Å². The number of carbonyl (C=O) groups is 1. The third kappa shape index (κ3) is 6.16. The summed E-state index contributed by atoms with van der Waals surface area (Å²) in [6.07, 6.45) is -4.82. The number of nitrogens with zero attached hydrogens (tertiary/aromatic N) is 1. The number of hydroxylamine groups is 2. The largest absolute Gasteiger partial charge is 0.390 e. The lowest BCUT2D eigenvalue weighted by molar-refractivity contribution is -0.163. The molecule has 5 N–H and O–H groups in total. The van der Waals surface area contributed by atoms with Gasteiger partial charge in [-0.15, -0.1) is 0 Å². The van der Waals surface area contributed by atoms with Crippen LogP contribution in [-0.2, 0) is 9.36 Å².